The molecule has 1 heterocycles. The van der Waals surface area contributed by atoms with Crippen molar-refractivity contribution in [3.63, 3.8) is 0 Å². The predicted molar refractivity (Wildman–Crippen MR) is 103 cm³/mol. The summed E-state index contributed by atoms with van der Waals surface area (Å²) in [5, 5.41) is 2.85. The maximum atomic E-state index is 13.9. The standard InChI is InChI=1S/C21H17F6N3O3/c22-20(23,24)15-10-4-9-14(12-15)16(31)28-19(21(25,26)27)17(32)30(18(33)29-19)11-5-8-13-6-2-1-3-7-13/h1-4,6-7,9-10,12H,5,8,11H2,(H,28,31)(H,29,33). The number of aryl methyl sites for hydroxylation is 1. The lowest BCUT2D eigenvalue weighted by Crippen LogP contribution is -2.69. The minimum Gasteiger partial charge on any atom is -0.314 e. The van der Waals surface area contributed by atoms with Crippen LogP contribution in [0.3, 0.4) is 0 Å². The van der Waals surface area contributed by atoms with Gasteiger partial charge in [0.25, 0.3) is 17.5 Å². The molecule has 2 N–H and O–H groups in total. The van der Waals surface area contributed by atoms with Gasteiger partial charge in [0, 0.05) is 12.1 Å². The molecule has 4 amide bonds. The van der Waals surface area contributed by atoms with E-state index in [1.165, 1.54) is 10.6 Å². The largest absolute Gasteiger partial charge is 0.440 e. The molecule has 33 heavy (non-hydrogen) atoms. The number of imide groups is 1. The van der Waals surface area contributed by atoms with Crippen molar-refractivity contribution < 1.29 is 40.7 Å². The van der Waals surface area contributed by atoms with E-state index >= 15 is 0 Å². The second-order valence-electron chi connectivity index (χ2n) is 7.26. The van der Waals surface area contributed by atoms with Gasteiger partial charge in [-0.25, -0.2) is 4.79 Å². The number of benzene rings is 2. The predicted octanol–water partition coefficient (Wildman–Crippen LogP) is 3.88. The van der Waals surface area contributed by atoms with Gasteiger partial charge < -0.3 is 5.32 Å². The first-order chi connectivity index (χ1) is 15.3. The van der Waals surface area contributed by atoms with Gasteiger partial charge in [-0.05, 0) is 36.6 Å². The second kappa shape index (κ2) is 8.75. The van der Waals surface area contributed by atoms with Crippen molar-refractivity contribution in [1.29, 1.82) is 0 Å². The van der Waals surface area contributed by atoms with E-state index < -0.39 is 47.0 Å². The summed E-state index contributed by atoms with van der Waals surface area (Å²) >= 11 is 0. The lowest BCUT2D eigenvalue weighted by molar-refractivity contribution is -0.200. The van der Waals surface area contributed by atoms with E-state index in [0.717, 1.165) is 17.7 Å². The van der Waals surface area contributed by atoms with E-state index in [0.29, 0.717) is 23.5 Å². The summed E-state index contributed by atoms with van der Waals surface area (Å²) in [5.41, 5.74) is -5.00. The molecule has 0 bridgehead atoms. The van der Waals surface area contributed by atoms with E-state index in [9.17, 15) is 40.7 Å². The van der Waals surface area contributed by atoms with Crippen molar-refractivity contribution in [1.82, 2.24) is 15.5 Å². The van der Waals surface area contributed by atoms with Gasteiger partial charge in [-0.3, -0.25) is 19.8 Å². The number of nitrogens with zero attached hydrogens (tertiary/aromatic N) is 1. The van der Waals surface area contributed by atoms with Gasteiger partial charge in [0.15, 0.2) is 0 Å². The fourth-order valence-electron chi connectivity index (χ4n) is 3.29. The third-order valence-corrected chi connectivity index (χ3v) is 4.97. The Hall–Kier alpha value is -3.57. The van der Waals surface area contributed by atoms with Crippen LogP contribution in [-0.2, 0) is 17.4 Å². The average Bonchev–Trinajstić information content (AvgIpc) is 2.99. The molecule has 1 fully saturated rings. The zero-order chi connectivity index (χ0) is 24.4. The molecule has 6 nitrogen and oxygen atoms in total. The highest BCUT2D eigenvalue weighted by atomic mass is 19.4. The molecule has 1 unspecified atom stereocenters. The molecule has 12 heteroatoms. The summed E-state index contributed by atoms with van der Waals surface area (Å²) in [7, 11) is 0. The molecule has 1 atom stereocenters. The molecule has 0 aliphatic carbocycles. The fourth-order valence-corrected chi connectivity index (χ4v) is 3.29. The topological polar surface area (TPSA) is 78.5 Å². The van der Waals surface area contributed by atoms with E-state index in [1.54, 1.807) is 30.3 Å². The van der Waals surface area contributed by atoms with E-state index in [2.05, 4.69) is 0 Å². The number of alkyl halides is 6. The molecule has 1 saturated heterocycles. The van der Waals surface area contributed by atoms with Crippen LogP contribution < -0.4 is 10.6 Å². The number of hydrogen-bond acceptors (Lipinski definition) is 3. The summed E-state index contributed by atoms with van der Waals surface area (Å²) in [4.78, 5) is 37.5. The number of carbonyl (C=O) groups is 3. The highest BCUT2D eigenvalue weighted by molar-refractivity contribution is 6.10. The number of rotatable bonds is 6. The maximum Gasteiger partial charge on any atom is 0.440 e. The van der Waals surface area contributed by atoms with Crippen LogP contribution in [0.5, 0.6) is 0 Å². The average molecular weight is 473 g/mol. The van der Waals surface area contributed by atoms with Gasteiger partial charge in [0.2, 0.25) is 0 Å². The maximum absolute atomic E-state index is 13.9. The zero-order valence-corrected chi connectivity index (χ0v) is 16.8. The van der Waals surface area contributed by atoms with E-state index in [-0.39, 0.29) is 13.0 Å². The fraction of sp³-hybridized carbons (Fsp3) is 0.286. The summed E-state index contributed by atoms with van der Waals surface area (Å²) in [6.45, 7) is -0.364. The number of carbonyl (C=O) groups excluding carboxylic acids is 3. The normalized spacial score (nSPS) is 18.9. The SMILES string of the molecule is O=C(NC1(C(F)(F)F)NC(=O)N(CCCc2ccccc2)C1=O)c1cccc(C(F)(F)F)c1. The van der Waals surface area contributed by atoms with E-state index in [1.807, 2.05) is 0 Å². The highest BCUT2D eigenvalue weighted by Crippen LogP contribution is 2.35. The van der Waals surface area contributed by atoms with Gasteiger partial charge in [0.05, 0.1) is 5.56 Å². The summed E-state index contributed by atoms with van der Waals surface area (Å²) in [6, 6.07) is 10.1. The Balaban J connectivity index is 1.80. The first kappa shape index (κ1) is 24.1. The van der Waals surface area contributed by atoms with Gasteiger partial charge in [-0.15, -0.1) is 0 Å². The van der Waals surface area contributed by atoms with Gasteiger partial charge in [-0.1, -0.05) is 36.4 Å². The number of urea groups is 1. The van der Waals surface area contributed by atoms with Gasteiger partial charge in [0.1, 0.15) is 0 Å². The molecule has 0 aromatic heterocycles. The summed E-state index contributed by atoms with van der Waals surface area (Å²) < 4.78 is 80.3. The molecule has 0 saturated carbocycles. The first-order valence-corrected chi connectivity index (χ1v) is 9.60. The Labute approximate surface area is 183 Å². The third kappa shape index (κ3) is 4.94. The molecule has 176 valence electrons. The van der Waals surface area contributed by atoms with Crippen LogP contribution in [0.2, 0.25) is 0 Å². The smallest absolute Gasteiger partial charge is 0.314 e. The van der Waals surface area contributed by atoms with Crippen molar-refractivity contribution in [2.45, 2.75) is 30.9 Å². The van der Waals surface area contributed by atoms with Gasteiger partial charge in [-0.2, -0.15) is 26.3 Å². The van der Waals surface area contributed by atoms with Crippen molar-refractivity contribution >= 4 is 17.8 Å². The monoisotopic (exact) mass is 473 g/mol. The minimum absolute atomic E-state index is 0.151. The lowest BCUT2D eigenvalue weighted by Gasteiger charge is -2.30. The van der Waals surface area contributed by atoms with Gasteiger partial charge >= 0.3 is 18.4 Å². The first-order valence-electron chi connectivity index (χ1n) is 9.60. The Morgan fingerprint density at radius 3 is 2.24 bits per heavy atom. The molecule has 0 radical (unpaired) electrons. The van der Waals surface area contributed by atoms with Crippen molar-refractivity contribution in [3.8, 4) is 0 Å². The Kier molecular flexibility index (Phi) is 6.39. The summed E-state index contributed by atoms with van der Waals surface area (Å²) in [6.07, 6.45) is -9.79. The van der Waals surface area contributed by atoms with Crippen LogP contribution >= 0.6 is 0 Å². The molecular weight excluding hydrogens is 456 g/mol. The lowest BCUT2D eigenvalue weighted by atomic mass is 10.1. The zero-order valence-electron chi connectivity index (χ0n) is 16.8. The number of amides is 4. The quantitative estimate of drug-likeness (QED) is 0.494. The van der Waals surface area contributed by atoms with Crippen LogP contribution in [0.15, 0.2) is 54.6 Å². The molecule has 1 aliphatic heterocycles. The molecular formula is C21H17F6N3O3. The molecule has 2 aromatic carbocycles. The minimum atomic E-state index is -5.47. The van der Waals surface area contributed by atoms with Crippen molar-refractivity contribution in [3.05, 3.63) is 71.3 Å². The third-order valence-electron chi connectivity index (χ3n) is 4.97. The van der Waals surface area contributed by atoms with Crippen LogP contribution in [0.1, 0.15) is 27.9 Å². The second-order valence-corrected chi connectivity index (χ2v) is 7.26. The van der Waals surface area contributed by atoms with Crippen LogP contribution in [0, 0.1) is 0 Å². The molecule has 1 aliphatic rings. The van der Waals surface area contributed by atoms with Crippen molar-refractivity contribution in [2.75, 3.05) is 6.54 Å². The molecule has 0 spiro atoms. The Morgan fingerprint density at radius 1 is 0.970 bits per heavy atom. The summed E-state index contributed by atoms with van der Waals surface area (Å²) in [5.74, 6) is -3.38. The van der Waals surface area contributed by atoms with Crippen LogP contribution in [0.4, 0.5) is 31.1 Å². The van der Waals surface area contributed by atoms with Crippen molar-refractivity contribution in [2.24, 2.45) is 0 Å². The van der Waals surface area contributed by atoms with Crippen LogP contribution in [0.25, 0.3) is 0 Å². The van der Waals surface area contributed by atoms with Crippen LogP contribution in [-0.4, -0.2) is 41.1 Å². The number of halogens is 6. The molecule has 2 aromatic rings. The highest BCUT2D eigenvalue weighted by Gasteiger charge is 2.68. The number of hydrogen-bond donors (Lipinski definition) is 2. The number of nitrogens with one attached hydrogen (secondary N) is 2. The molecule has 3 rings (SSSR count). The Bertz CT molecular complexity index is 1060. The van der Waals surface area contributed by atoms with E-state index in [4.69, 9.17) is 0 Å². The Morgan fingerprint density at radius 2 is 1.64 bits per heavy atom.